The molecule has 2 heterocycles. The van der Waals surface area contributed by atoms with Crippen molar-refractivity contribution in [1.82, 2.24) is 9.88 Å². The second-order valence-corrected chi connectivity index (χ2v) is 7.38. The molecule has 4 rings (SSSR count). The van der Waals surface area contributed by atoms with Gasteiger partial charge in [-0.2, -0.15) is 0 Å². The highest BCUT2D eigenvalue weighted by atomic mass is 16.2. The third-order valence-electron chi connectivity index (χ3n) is 6.05. The average molecular weight is 299 g/mol. The molecule has 0 aromatic carbocycles. The van der Waals surface area contributed by atoms with Crippen molar-refractivity contribution in [3.05, 3.63) is 23.5 Å². The van der Waals surface area contributed by atoms with Crippen LogP contribution in [0.3, 0.4) is 0 Å². The number of anilines is 1. The lowest BCUT2D eigenvalue weighted by atomic mass is 9.66. The van der Waals surface area contributed by atoms with Crippen molar-refractivity contribution in [2.45, 2.75) is 63.8 Å². The zero-order valence-corrected chi connectivity index (χ0v) is 13.4. The first-order valence-electron chi connectivity index (χ1n) is 8.73. The summed E-state index contributed by atoms with van der Waals surface area (Å²) in [5, 5.41) is 3.08. The Kier molecular flexibility index (Phi) is 3.35. The Morgan fingerprint density at radius 1 is 1.32 bits per heavy atom. The zero-order chi connectivity index (χ0) is 15.2. The second-order valence-electron chi connectivity index (χ2n) is 7.38. The number of urea groups is 1. The fraction of sp³-hybridized carbons (Fsp3) is 0.667. The fourth-order valence-electron chi connectivity index (χ4n) is 4.51. The maximum Gasteiger partial charge on any atom is 0.322 e. The van der Waals surface area contributed by atoms with Crippen molar-refractivity contribution in [2.24, 2.45) is 5.92 Å². The molecule has 2 aliphatic carbocycles. The van der Waals surface area contributed by atoms with Crippen molar-refractivity contribution in [3.8, 4) is 0 Å². The summed E-state index contributed by atoms with van der Waals surface area (Å²) in [6.45, 7) is 3.17. The first-order valence-corrected chi connectivity index (χ1v) is 8.73. The van der Waals surface area contributed by atoms with E-state index >= 15 is 0 Å². The number of rotatable bonds is 1. The minimum absolute atomic E-state index is 0.0539. The number of nitrogens with zero attached hydrogens (tertiary/aromatic N) is 2. The average Bonchev–Trinajstić information content (AvgIpc) is 2.51. The first kappa shape index (κ1) is 14.0. The van der Waals surface area contributed by atoms with Gasteiger partial charge in [-0.3, -0.25) is 4.98 Å². The fourth-order valence-corrected chi connectivity index (χ4v) is 4.51. The number of nitrogens with one attached hydrogen (secondary N) is 1. The van der Waals surface area contributed by atoms with Gasteiger partial charge in [0, 0.05) is 17.8 Å². The van der Waals surface area contributed by atoms with E-state index in [1.54, 1.807) is 0 Å². The maximum absolute atomic E-state index is 12.6. The Morgan fingerprint density at radius 2 is 2.18 bits per heavy atom. The number of likely N-dealkylation sites (tertiary alicyclic amines) is 1. The third-order valence-corrected chi connectivity index (χ3v) is 6.05. The molecule has 1 aromatic heterocycles. The van der Waals surface area contributed by atoms with Crippen molar-refractivity contribution >= 4 is 11.7 Å². The summed E-state index contributed by atoms with van der Waals surface area (Å²) >= 11 is 0. The van der Waals surface area contributed by atoms with Crippen molar-refractivity contribution in [1.29, 1.82) is 0 Å². The lowest BCUT2D eigenvalue weighted by molar-refractivity contribution is -0.0560. The van der Waals surface area contributed by atoms with Gasteiger partial charge in [-0.15, -0.1) is 0 Å². The molecule has 0 spiro atoms. The lowest BCUT2D eigenvalue weighted by Gasteiger charge is -2.59. The number of hydrogen-bond acceptors (Lipinski definition) is 2. The van der Waals surface area contributed by atoms with E-state index < -0.39 is 0 Å². The maximum atomic E-state index is 12.6. The summed E-state index contributed by atoms with van der Waals surface area (Å²) < 4.78 is 0. The molecule has 4 heteroatoms. The Labute approximate surface area is 132 Å². The monoisotopic (exact) mass is 299 g/mol. The molecule has 22 heavy (non-hydrogen) atoms. The molecule has 0 radical (unpaired) electrons. The van der Waals surface area contributed by atoms with Gasteiger partial charge < -0.3 is 10.2 Å². The van der Waals surface area contributed by atoms with E-state index in [1.165, 1.54) is 43.4 Å². The van der Waals surface area contributed by atoms with Crippen LogP contribution in [0.5, 0.6) is 0 Å². The minimum Gasteiger partial charge on any atom is -0.318 e. The summed E-state index contributed by atoms with van der Waals surface area (Å²) in [7, 11) is 0. The second kappa shape index (κ2) is 5.25. The number of carbonyl (C=O) groups is 1. The quantitative estimate of drug-likeness (QED) is 0.858. The Hall–Kier alpha value is -1.58. The van der Waals surface area contributed by atoms with E-state index in [1.807, 2.05) is 11.1 Å². The molecule has 0 unspecified atom stereocenters. The predicted molar refractivity (Wildman–Crippen MR) is 87.0 cm³/mol. The van der Waals surface area contributed by atoms with Gasteiger partial charge in [-0.05, 0) is 63.0 Å². The molecule has 2 atom stereocenters. The highest BCUT2D eigenvalue weighted by Crippen LogP contribution is 2.46. The van der Waals surface area contributed by atoms with Crippen LogP contribution in [0, 0.1) is 5.92 Å². The highest BCUT2D eigenvalue weighted by Gasteiger charge is 2.52. The molecular formula is C18H25N3O. The van der Waals surface area contributed by atoms with Gasteiger partial charge >= 0.3 is 6.03 Å². The van der Waals surface area contributed by atoms with Crippen LogP contribution in [0.2, 0.25) is 0 Å². The van der Waals surface area contributed by atoms with Crippen LogP contribution in [0.4, 0.5) is 10.5 Å². The zero-order valence-electron chi connectivity index (χ0n) is 13.4. The topological polar surface area (TPSA) is 45.2 Å². The van der Waals surface area contributed by atoms with Crippen LogP contribution in [0.1, 0.15) is 56.7 Å². The van der Waals surface area contributed by atoms with E-state index in [9.17, 15) is 4.79 Å². The molecule has 1 aliphatic heterocycles. The van der Waals surface area contributed by atoms with Crippen LogP contribution < -0.4 is 5.32 Å². The predicted octanol–water partition coefficient (Wildman–Crippen LogP) is 3.76. The largest absolute Gasteiger partial charge is 0.322 e. The van der Waals surface area contributed by atoms with Gasteiger partial charge in [-0.25, -0.2) is 4.79 Å². The number of aromatic nitrogens is 1. The highest BCUT2D eigenvalue weighted by molar-refractivity contribution is 5.90. The Bertz CT molecular complexity index is 600. The van der Waals surface area contributed by atoms with Crippen LogP contribution in [-0.4, -0.2) is 28.0 Å². The number of aryl methyl sites for hydroxylation is 2. The molecule has 118 valence electrons. The van der Waals surface area contributed by atoms with Crippen molar-refractivity contribution in [3.63, 3.8) is 0 Å². The number of amides is 2. The first-order chi connectivity index (χ1) is 10.7. The van der Waals surface area contributed by atoms with E-state index in [2.05, 4.69) is 23.3 Å². The SMILES string of the molecule is C[C@]12CCCC[C@H]1CN2C(=O)Nc1cnc2c(c1)CCCC2. The van der Waals surface area contributed by atoms with Gasteiger partial charge in [0.2, 0.25) is 0 Å². The van der Waals surface area contributed by atoms with Crippen LogP contribution in [0.15, 0.2) is 12.3 Å². The minimum atomic E-state index is 0.0539. The van der Waals surface area contributed by atoms with E-state index in [0.29, 0.717) is 5.92 Å². The van der Waals surface area contributed by atoms with Gasteiger partial charge in [0.25, 0.3) is 0 Å². The van der Waals surface area contributed by atoms with Gasteiger partial charge in [0.1, 0.15) is 0 Å². The molecule has 1 aromatic rings. The van der Waals surface area contributed by atoms with Crippen LogP contribution >= 0.6 is 0 Å². The number of hydrogen-bond donors (Lipinski definition) is 1. The summed E-state index contributed by atoms with van der Waals surface area (Å²) in [6, 6.07) is 2.18. The number of pyridine rings is 1. The van der Waals surface area contributed by atoms with E-state index in [-0.39, 0.29) is 11.6 Å². The Balaban J connectivity index is 1.46. The summed E-state index contributed by atoms with van der Waals surface area (Å²) in [5.41, 5.74) is 3.47. The molecular weight excluding hydrogens is 274 g/mol. The van der Waals surface area contributed by atoms with Gasteiger partial charge in [0.05, 0.1) is 11.9 Å². The third kappa shape index (κ3) is 2.20. The van der Waals surface area contributed by atoms with Crippen LogP contribution in [-0.2, 0) is 12.8 Å². The number of fused-ring (bicyclic) bond motifs is 2. The standard InChI is InChI=1S/C18H25N3O/c1-18-9-5-4-7-14(18)12-21(18)17(22)20-15-10-13-6-2-3-8-16(13)19-11-15/h10-11,14H,2-9,12H2,1H3,(H,20,22)/t14-,18-/m0/s1. The molecule has 4 nitrogen and oxygen atoms in total. The van der Waals surface area contributed by atoms with E-state index in [0.717, 1.165) is 31.5 Å². The number of carbonyl (C=O) groups excluding carboxylic acids is 1. The van der Waals surface area contributed by atoms with Gasteiger partial charge in [0.15, 0.2) is 0 Å². The summed E-state index contributed by atoms with van der Waals surface area (Å²) in [6.07, 6.45) is 11.5. The van der Waals surface area contributed by atoms with E-state index in [4.69, 9.17) is 0 Å². The smallest absolute Gasteiger partial charge is 0.318 e. The normalized spacial score (nSPS) is 30.0. The van der Waals surface area contributed by atoms with Crippen molar-refractivity contribution in [2.75, 3.05) is 11.9 Å². The van der Waals surface area contributed by atoms with Crippen LogP contribution in [0.25, 0.3) is 0 Å². The Morgan fingerprint density at radius 3 is 3.05 bits per heavy atom. The molecule has 3 aliphatic rings. The molecule has 1 saturated heterocycles. The summed E-state index contributed by atoms with van der Waals surface area (Å²) in [5.74, 6) is 0.702. The van der Waals surface area contributed by atoms with Crippen molar-refractivity contribution < 1.29 is 4.79 Å². The molecule has 0 bridgehead atoms. The summed E-state index contributed by atoms with van der Waals surface area (Å²) in [4.78, 5) is 19.2. The molecule has 1 N–H and O–H groups in total. The lowest BCUT2D eigenvalue weighted by Crippen LogP contribution is -2.69. The molecule has 2 amide bonds. The molecule has 2 fully saturated rings. The molecule has 1 saturated carbocycles. The van der Waals surface area contributed by atoms with Gasteiger partial charge in [-0.1, -0.05) is 12.8 Å².